The van der Waals surface area contributed by atoms with Crippen molar-refractivity contribution in [2.45, 2.75) is 28.0 Å². The molecule has 0 radical (unpaired) electrons. The molecule has 1 aliphatic rings. The fourth-order valence-electron chi connectivity index (χ4n) is 2.38. The summed E-state index contributed by atoms with van der Waals surface area (Å²) >= 11 is 3.96. The van der Waals surface area contributed by atoms with Gasteiger partial charge in [0.05, 0.1) is 11.0 Å². The Morgan fingerprint density at radius 1 is 0.667 bits per heavy atom. The third-order valence-electron chi connectivity index (χ3n) is 3.68. The largest absolute Gasteiger partial charge is 0.277 e. The first-order valence-corrected chi connectivity index (χ1v) is 10.6. The molecule has 27 heavy (non-hydrogen) atoms. The highest BCUT2D eigenvalue weighted by atomic mass is 32.2. The summed E-state index contributed by atoms with van der Waals surface area (Å²) in [6, 6.07) is 4.08. The predicted octanol–water partition coefficient (Wildman–Crippen LogP) is 0.768. The van der Waals surface area contributed by atoms with Crippen LogP contribution in [0.15, 0.2) is 66.6 Å². The highest BCUT2D eigenvalue weighted by molar-refractivity contribution is 8.15. The summed E-state index contributed by atoms with van der Waals surface area (Å²) in [7, 11) is 0. The zero-order valence-electron chi connectivity index (χ0n) is 13.7. The van der Waals surface area contributed by atoms with Crippen LogP contribution in [0.25, 0.3) is 0 Å². The lowest BCUT2D eigenvalue weighted by molar-refractivity contribution is 0.475. The van der Waals surface area contributed by atoms with Gasteiger partial charge in [-0.3, -0.25) is 28.1 Å². The summed E-state index contributed by atoms with van der Waals surface area (Å²) in [4.78, 5) is 49.8. The van der Waals surface area contributed by atoms with Crippen LogP contribution in [-0.4, -0.2) is 33.7 Å². The lowest BCUT2D eigenvalue weighted by atomic mass is 10.6. The summed E-state index contributed by atoms with van der Waals surface area (Å²) in [6.45, 7) is 0.00345. The Labute approximate surface area is 164 Å². The van der Waals surface area contributed by atoms with E-state index in [0.29, 0.717) is 20.6 Å². The van der Waals surface area contributed by atoms with Crippen LogP contribution in [0.3, 0.4) is 0 Å². The van der Waals surface area contributed by atoms with Gasteiger partial charge in [-0.1, -0.05) is 35.3 Å². The van der Waals surface area contributed by atoms with Gasteiger partial charge in [-0.05, 0) is 0 Å². The van der Waals surface area contributed by atoms with E-state index in [0.717, 1.165) is 0 Å². The molecule has 138 valence electrons. The minimum atomic E-state index is -0.288. The number of nitrogens with zero attached hydrogens (tertiary/aromatic N) is 6. The van der Waals surface area contributed by atoms with Gasteiger partial charge in [0, 0.05) is 36.8 Å². The molecule has 12 heteroatoms. The number of hydrogen-bond acceptors (Lipinski definition) is 9. The number of fused-ring (bicyclic) bond motifs is 3. The topological polar surface area (TPSA) is 105 Å². The minimum absolute atomic E-state index is 0.00345. The summed E-state index contributed by atoms with van der Waals surface area (Å²) < 4.78 is 4.37. The maximum atomic E-state index is 12.4. The van der Waals surface area contributed by atoms with Gasteiger partial charge in [-0.25, -0.2) is 15.0 Å². The van der Waals surface area contributed by atoms with Crippen molar-refractivity contribution >= 4 is 35.3 Å². The van der Waals surface area contributed by atoms with Crippen molar-refractivity contribution in [3.63, 3.8) is 0 Å². The van der Waals surface area contributed by atoms with E-state index in [1.807, 2.05) is 0 Å². The van der Waals surface area contributed by atoms with Crippen molar-refractivity contribution < 1.29 is 0 Å². The van der Waals surface area contributed by atoms with E-state index < -0.39 is 0 Å². The van der Waals surface area contributed by atoms with E-state index in [1.165, 1.54) is 85.8 Å². The number of thioether (sulfide) groups is 3. The predicted molar refractivity (Wildman–Crippen MR) is 103 cm³/mol. The van der Waals surface area contributed by atoms with Gasteiger partial charge in [0.25, 0.3) is 16.7 Å². The summed E-state index contributed by atoms with van der Waals surface area (Å²) in [6.07, 6.45) is 4.32. The third kappa shape index (κ3) is 3.73. The van der Waals surface area contributed by atoms with Gasteiger partial charge in [-0.15, -0.1) is 0 Å². The monoisotopic (exact) mass is 420 g/mol. The summed E-state index contributed by atoms with van der Waals surface area (Å²) in [5.41, 5.74) is -0.720. The van der Waals surface area contributed by atoms with E-state index >= 15 is 0 Å². The molecule has 9 nitrogen and oxygen atoms in total. The van der Waals surface area contributed by atoms with Gasteiger partial charge in [0.15, 0.2) is 15.5 Å². The van der Waals surface area contributed by atoms with E-state index in [9.17, 15) is 14.4 Å². The standard InChI is InChI=1S/C15H12N6O3S3/c22-10-1-4-16-13-19(10)7-20-11(23)2-5-17-14(20)26-9-27-15-18-6-3-12(24)21(15)8-25-13/h1-6H,7-9H2. The van der Waals surface area contributed by atoms with Crippen molar-refractivity contribution in [3.05, 3.63) is 67.9 Å². The number of hydrogen-bond donors (Lipinski definition) is 0. The van der Waals surface area contributed by atoms with Gasteiger partial charge in [-0.2, -0.15) is 0 Å². The van der Waals surface area contributed by atoms with E-state index in [-0.39, 0.29) is 29.2 Å². The van der Waals surface area contributed by atoms with Crippen molar-refractivity contribution in [2.24, 2.45) is 0 Å². The Kier molecular flexibility index (Phi) is 5.18. The molecule has 1 aliphatic heterocycles. The molecule has 0 aliphatic carbocycles. The van der Waals surface area contributed by atoms with Crippen molar-refractivity contribution in [1.82, 2.24) is 28.7 Å². The van der Waals surface area contributed by atoms with E-state index in [4.69, 9.17) is 0 Å². The molecular weight excluding hydrogens is 408 g/mol. The van der Waals surface area contributed by atoms with Crippen LogP contribution in [0.5, 0.6) is 0 Å². The highest BCUT2D eigenvalue weighted by Crippen LogP contribution is 2.27. The SMILES string of the molecule is O=c1ccnc2n1CSc1nccc(=O)n1Cn1c(nccc1=O)SCS2. The highest BCUT2D eigenvalue weighted by Gasteiger charge is 2.15. The fourth-order valence-corrected chi connectivity index (χ4v) is 5.36. The van der Waals surface area contributed by atoms with Crippen LogP contribution in [0.2, 0.25) is 0 Å². The molecule has 3 aromatic heterocycles. The van der Waals surface area contributed by atoms with E-state index in [1.54, 1.807) is 0 Å². The zero-order chi connectivity index (χ0) is 18.8. The van der Waals surface area contributed by atoms with Gasteiger partial charge < -0.3 is 0 Å². The van der Waals surface area contributed by atoms with Gasteiger partial charge in [0.2, 0.25) is 0 Å². The van der Waals surface area contributed by atoms with Crippen LogP contribution in [0.4, 0.5) is 0 Å². The van der Waals surface area contributed by atoms with Crippen LogP contribution >= 0.6 is 35.3 Å². The van der Waals surface area contributed by atoms with E-state index in [2.05, 4.69) is 15.0 Å². The van der Waals surface area contributed by atoms with Crippen LogP contribution in [0.1, 0.15) is 0 Å². The fraction of sp³-hybridized carbons (Fsp3) is 0.200. The molecule has 0 bridgehead atoms. The molecule has 0 saturated carbocycles. The van der Waals surface area contributed by atoms with Gasteiger partial charge >= 0.3 is 0 Å². The molecule has 0 fully saturated rings. The molecule has 0 saturated heterocycles. The molecule has 3 aromatic rings. The number of rotatable bonds is 0. The first kappa shape index (κ1) is 18.1. The molecular formula is C15H12N6O3S3. The average molecular weight is 421 g/mol. The average Bonchev–Trinajstić information content (AvgIpc) is 2.64. The number of aromatic nitrogens is 6. The lowest BCUT2D eigenvalue weighted by Crippen LogP contribution is -2.32. The summed E-state index contributed by atoms with van der Waals surface area (Å²) in [5, 5.41) is 1.94. The molecule has 4 heterocycles. The second-order valence-electron chi connectivity index (χ2n) is 5.30. The quantitative estimate of drug-likeness (QED) is 0.488. The molecule has 0 aromatic carbocycles. The van der Waals surface area contributed by atoms with Crippen molar-refractivity contribution in [3.8, 4) is 0 Å². The van der Waals surface area contributed by atoms with Crippen LogP contribution < -0.4 is 16.7 Å². The molecule has 0 amide bonds. The third-order valence-corrected chi connectivity index (χ3v) is 6.76. The van der Waals surface area contributed by atoms with Crippen molar-refractivity contribution in [2.75, 3.05) is 5.08 Å². The smallest absolute Gasteiger partial charge is 0.255 e. The molecule has 0 atom stereocenters. The molecule has 0 spiro atoms. The first-order valence-electron chi connectivity index (χ1n) is 7.69. The Morgan fingerprint density at radius 2 is 1.11 bits per heavy atom. The van der Waals surface area contributed by atoms with Crippen molar-refractivity contribution in [1.29, 1.82) is 0 Å². The minimum Gasteiger partial charge on any atom is -0.277 e. The first-order chi connectivity index (χ1) is 13.1. The van der Waals surface area contributed by atoms with Gasteiger partial charge in [0.1, 0.15) is 6.67 Å². The summed E-state index contributed by atoms with van der Waals surface area (Å²) in [5.74, 6) is 0.255. The van der Waals surface area contributed by atoms with Crippen LogP contribution in [-0.2, 0) is 12.5 Å². The Morgan fingerprint density at radius 3 is 1.67 bits per heavy atom. The Hall–Kier alpha value is -2.31. The second-order valence-corrected chi connectivity index (χ2v) is 8.46. The maximum absolute atomic E-state index is 12.4. The molecule has 0 N–H and O–H groups in total. The molecule has 4 rings (SSSR count). The maximum Gasteiger partial charge on any atom is 0.255 e. The Balaban J connectivity index is 1.87. The lowest BCUT2D eigenvalue weighted by Gasteiger charge is -2.17. The zero-order valence-corrected chi connectivity index (χ0v) is 16.2. The normalized spacial score (nSPS) is 14.2. The molecule has 0 unspecified atom stereocenters. The van der Waals surface area contributed by atoms with Crippen LogP contribution in [0, 0.1) is 0 Å². The Bertz CT molecular complexity index is 1170. The second kappa shape index (κ2) is 7.74.